The molecule has 0 spiro atoms. The van der Waals surface area contributed by atoms with Crippen molar-refractivity contribution >= 4 is 28.9 Å². The van der Waals surface area contributed by atoms with Crippen LogP contribution in [0.5, 0.6) is 0 Å². The third-order valence-electron chi connectivity index (χ3n) is 1.86. The summed E-state index contributed by atoms with van der Waals surface area (Å²) in [6.45, 7) is 0. The summed E-state index contributed by atoms with van der Waals surface area (Å²) in [5, 5.41) is 11.0. The predicted octanol–water partition coefficient (Wildman–Crippen LogP) is 2.70. The predicted molar refractivity (Wildman–Crippen MR) is 56.2 cm³/mol. The van der Waals surface area contributed by atoms with Crippen molar-refractivity contribution < 1.29 is 23.1 Å². The van der Waals surface area contributed by atoms with Gasteiger partial charge in [0.2, 0.25) is 0 Å². The maximum atomic E-state index is 12.3. The van der Waals surface area contributed by atoms with E-state index in [1.54, 1.807) is 0 Å². The van der Waals surface area contributed by atoms with E-state index in [1.165, 1.54) is 0 Å². The summed E-state index contributed by atoms with van der Waals surface area (Å²) in [6, 6.07) is 0. The molecule has 0 aliphatic carbocycles. The molecule has 96 valence electrons. The van der Waals surface area contributed by atoms with Gasteiger partial charge in [-0.15, -0.1) is 0 Å². The summed E-state index contributed by atoms with van der Waals surface area (Å²) in [4.78, 5) is 13.9. The number of carbonyl (C=O) groups is 1. The molecule has 5 nitrogen and oxygen atoms in total. The standard InChI is InChI=1S/C8H3ClF3N3O2S/c9-5-3(6(16)17)2-15(14-5)4-1-13-7(18-4)8(10,11)12/h1-2H,(H,16,17). The monoisotopic (exact) mass is 297 g/mol. The van der Waals surface area contributed by atoms with Gasteiger partial charge in [-0.25, -0.2) is 14.5 Å². The van der Waals surface area contributed by atoms with Gasteiger partial charge in [-0.1, -0.05) is 22.9 Å². The van der Waals surface area contributed by atoms with E-state index in [4.69, 9.17) is 16.7 Å². The second kappa shape index (κ2) is 4.25. The van der Waals surface area contributed by atoms with E-state index >= 15 is 0 Å². The second-order valence-electron chi connectivity index (χ2n) is 3.08. The van der Waals surface area contributed by atoms with Crippen molar-refractivity contribution in [3.05, 3.63) is 28.1 Å². The highest BCUT2D eigenvalue weighted by Gasteiger charge is 2.35. The van der Waals surface area contributed by atoms with Crippen LogP contribution in [0, 0.1) is 0 Å². The van der Waals surface area contributed by atoms with Crippen LogP contribution in [0.2, 0.25) is 5.15 Å². The molecule has 2 heterocycles. The van der Waals surface area contributed by atoms with Gasteiger partial charge in [0.1, 0.15) is 10.6 Å². The van der Waals surface area contributed by atoms with Crippen LogP contribution in [0.4, 0.5) is 13.2 Å². The number of halogens is 4. The molecule has 2 aromatic heterocycles. The summed E-state index contributed by atoms with van der Waals surface area (Å²) >= 11 is 5.88. The molecular weight excluding hydrogens is 295 g/mol. The third-order valence-corrected chi connectivity index (χ3v) is 3.17. The van der Waals surface area contributed by atoms with Gasteiger partial charge in [0.25, 0.3) is 0 Å². The Morgan fingerprint density at radius 1 is 1.50 bits per heavy atom. The highest BCUT2D eigenvalue weighted by Crippen LogP contribution is 2.33. The molecule has 2 rings (SSSR count). The molecule has 0 aliphatic heterocycles. The molecule has 0 unspecified atom stereocenters. The first kappa shape index (κ1) is 12.8. The normalized spacial score (nSPS) is 11.8. The Morgan fingerprint density at radius 2 is 2.17 bits per heavy atom. The lowest BCUT2D eigenvalue weighted by Crippen LogP contribution is -2.02. The van der Waals surface area contributed by atoms with Crippen LogP contribution in [0.15, 0.2) is 12.4 Å². The molecule has 10 heteroatoms. The van der Waals surface area contributed by atoms with Crippen molar-refractivity contribution in [2.45, 2.75) is 6.18 Å². The van der Waals surface area contributed by atoms with E-state index in [1.807, 2.05) is 0 Å². The van der Waals surface area contributed by atoms with Crippen molar-refractivity contribution in [1.82, 2.24) is 14.8 Å². The summed E-state index contributed by atoms with van der Waals surface area (Å²) in [7, 11) is 0. The molecule has 0 radical (unpaired) electrons. The molecule has 0 atom stereocenters. The minimum atomic E-state index is -4.55. The Kier molecular flexibility index (Phi) is 3.03. The largest absolute Gasteiger partial charge is 0.478 e. The Hall–Kier alpha value is -1.61. The van der Waals surface area contributed by atoms with Crippen LogP contribution in [0.3, 0.4) is 0 Å². The van der Waals surface area contributed by atoms with Crippen LogP contribution in [-0.2, 0) is 6.18 Å². The van der Waals surface area contributed by atoms with Crippen molar-refractivity contribution in [3.63, 3.8) is 0 Å². The molecule has 0 amide bonds. The quantitative estimate of drug-likeness (QED) is 0.925. The van der Waals surface area contributed by atoms with Gasteiger partial charge in [-0.2, -0.15) is 18.3 Å². The molecule has 18 heavy (non-hydrogen) atoms. The average molecular weight is 298 g/mol. The highest BCUT2D eigenvalue weighted by atomic mass is 35.5. The Bertz CT molecular complexity index is 607. The second-order valence-corrected chi connectivity index (χ2v) is 4.45. The number of aromatic nitrogens is 3. The molecule has 0 saturated heterocycles. The zero-order valence-electron chi connectivity index (χ0n) is 8.27. The lowest BCUT2D eigenvalue weighted by molar-refractivity contribution is -0.137. The van der Waals surface area contributed by atoms with Crippen molar-refractivity contribution in [3.8, 4) is 5.00 Å². The fraction of sp³-hybridized carbons (Fsp3) is 0.125. The number of alkyl halides is 3. The first-order valence-electron chi connectivity index (χ1n) is 4.31. The van der Waals surface area contributed by atoms with Gasteiger partial charge in [0.15, 0.2) is 10.2 Å². The van der Waals surface area contributed by atoms with E-state index in [2.05, 4.69) is 10.1 Å². The molecule has 1 N–H and O–H groups in total. The summed E-state index contributed by atoms with van der Waals surface area (Å²) in [5.74, 6) is -1.31. The SMILES string of the molecule is O=C(O)c1cn(-c2cnc(C(F)(F)F)s2)nc1Cl. The zero-order valence-corrected chi connectivity index (χ0v) is 9.84. The average Bonchev–Trinajstić information content (AvgIpc) is 2.81. The summed E-state index contributed by atoms with van der Waals surface area (Å²) < 4.78 is 37.9. The molecule has 2 aromatic rings. The number of carboxylic acid groups (broad SMARTS) is 1. The maximum Gasteiger partial charge on any atom is 0.443 e. The molecule has 0 fully saturated rings. The fourth-order valence-electron chi connectivity index (χ4n) is 1.11. The first-order valence-corrected chi connectivity index (χ1v) is 5.50. The first-order chi connectivity index (χ1) is 8.29. The van der Waals surface area contributed by atoms with Crippen LogP contribution in [0.1, 0.15) is 15.4 Å². The minimum absolute atomic E-state index is 0.0247. The van der Waals surface area contributed by atoms with Gasteiger partial charge in [0, 0.05) is 6.20 Å². The van der Waals surface area contributed by atoms with Crippen LogP contribution in [-0.4, -0.2) is 25.8 Å². The zero-order chi connectivity index (χ0) is 13.5. The topological polar surface area (TPSA) is 68.0 Å². The van der Waals surface area contributed by atoms with Crippen LogP contribution >= 0.6 is 22.9 Å². The number of carboxylic acids is 1. The van der Waals surface area contributed by atoms with Crippen molar-refractivity contribution in [1.29, 1.82) is 0 Å². The Labute approximate surface area is 106 Å². The fourth-order valence-corrected chi connectivity index (χ4v) is 2.03. The Balaban J connectivity index is 2.41. The summed E-state index contributed by atoms with van der Waals surface area (Å²) in [6.07, 6.45) is -2.57. The van der Waals surface area contributed by atoms with Crippen LogP contribution in [0.25, 0.3) is 5.00 Å². The van der Waals surface area contributed by atoms with Crippen molar-refractivity contribution in [2.75, 3.05) is 0 Å². The molecule has 0 saturated carbocycles. The van der Waals surface area contributed by atoms with Gasteiger partial charge < -0.3 is 5.11 Å². The van der Waals surface area contributed by atoms with Crippen molar-refractivity contribution in [2.24, 2.45) is 0 Å². The smallest absolute Gasteiger partial charge is 0.443 e. The van der Waals surface area contributed by atoms with E-state index in [0.29, 0.717) is 11.3 Å². The van der Waals surface area contributed by atoms with E-state index < -0.39 is 17.2 Å². The number of hydrogen-bond acceptors (Lipinski definition) is 4. The van der Waals surface area contributed by atoms with Gasteiger partial charge in [-0.05, 0) is 0 Å². The minimum Gasteiger partial charge on any atom is -0.478 e. The van der Waals surface area contributed by atoms with Gasteiger partial charge >= 0.3 is 12.1 Å². The lowest BCUT2D eigenvalue weighted by Gasteiger charge is -1.98. The maximum absolute atomic E-state index is 12.3. The van der Waals surface area contributed by atoms with E-state index in [0.717, 1.165) is 17.1 Å². The number of thiazole rings is 1. The van der Waals surface area contributed by atoms with Gasteiger partial charge in [-0.3, -0.25) is 0 Å². The number of aromatic carboxylic acids is 1. The molecule has 0 bridgehead atoms. The number of rotatable bonds is 2. The van der Waals surface area contributed by atoms with E-state index in [-0.39, 0.29) is 15.7 Å². The number of nitrogens with zero attached hydrogens (tertiary/aromatic N) is 3. The van der Waals surface area contributed by atoms with Gasteiger partial charge in [0.05, 0.1) is 6.20 Å². The molecule has 0 aromatic carbocycles. The Morgan fingerprint density at radius 3 is 2.61 bits per heavy atom. The van der Waals surface area contributed by atoms with E-state index in [9.17, 15) is 18.0 Å². The third kappa shape index (κ3) is 2.31. The molecule has 0 aliphatic rings. The summed E-state index contributed by atoms with van der Waals surface area (Å²) in [5.41, 5.74) is -0.293. The van der Waals surface area contributed by atoms with Crippen LogP contribution < -0.4 is 0 Å². The highest BCUT2D eigenvalue weighted by molar-refractivity contribution is 7.14. The number of hydrogen-bond donors (Lipinski definition) is 1. The molecular formula is C8H3ClF3N3O2S. The lowest BCUT2D eigenvalue weighted by atomic mass is 10.4.